The van der Waals surface area contributed by atoms with Crippen molar-refractivity contribution in [2.45, 2.75) is 24.7 Å². The first kappa shape index (κ1) is 7.23. The van der Waals surface area contributed by atoms with Crippen molar-refractivity contribution in [2.75, 3.05) is 0 Å². The Balaban J connectivity index is 2.30. The molecule has 1 heteroatoms. The first-order valence-electron chi connectivity index (χ1n) is 3.63. The molecule has 0 N–H and O–H groups in total. The summed E-state index contributed by atoms with van der Waals surface area (Å²) in [6.45, 7) is 4.69. The summed E-state index contributed by atoms with van der Waals surface area (Å²) in [4.78, 5) is 0. The van der Waals surface area contributed by atoms with Gasteiger partial charge in [0.25, 0.3) is 0 Å². The van der Waals surface area contributed by atoms with Crippen LogP contribution >= 0.6 is 0 Å². The molecule has 1 rings (SSSR count). The Labute approximate surface area is 64.8 Å². The molecule has 0 nitrogen and oxygen atoms in total. The van der Waals surface area contributed by atoms with Crippen LogP contribution < -0.4 is 0 Å². The van der Waals surface area contributed by atoms with Gasteiger partial charge in [-0.25, -0.2) is 0 Å². The Hall–Kier alpha value is 0.116. The van der Waals surface area contributed by atoms with E-state index in [1.54, 1.807) is 4.13 Å². The van der Waals surface area contributed by atoms with Gasteiger partial charge in [-0.2, -0.15) is 0 Å². The molecule has 9 heavy (non-hydrogen) atoms. The maximum absolute atomic E-state index is 2.35. The Kier molecular flexibility index (Phi) is 2.67. The van der Waals surface area contributed by atoms with Crippen LogP contribution in [-0.4, -0.2) is 17.4 Å². The summed E-state index contributed by atoms with van der Waals surface area (Å²) in [5, 5.41) is 0. The van der Waals surface area contributed by atoms with Crippen molar-refractivity contribution in [3.8, 4) is 0 Å². The van der Waals surface area contributed by atoms with Gasteiger partial charge >= 0.3 is 64.5 Å². The van der Waals surface area contributed by atoms with E-state index in [2.05, 4.69) is 32.1 Å². The molecule has 1 aliphatic rings. The summed E-state index contributed by atoms with van der Waals surface area (Å²) in [5.74, 6) is 0. The fourth-order valence-corrected chi connectivity index (χ4v) is 4.64. The van der Waals surface area contributed by atoms with Crippen LogP contribution in [0.25, 0.3) is 0 Å². The molecule has 0 saturated carbocycles. The minimum absolute atomic E-state index is 0.281. The van der Waals surface area contributed by atoms with Crippen molar-refractivity contribution in [1.82, 2.24) is 0 Å². The average Bonchev–Trinajstić information content (AvgIpc) is 2.15. The SMILES string of the molecule is C[CH](C)[GaH][C]1=CC=CC1. The molecule has 0 saturated heterocycles. The molecule has 0 aromatic rings. The average molecular weight is 179 g/mol. The van der Waals surface area contributed by atoms with Crippen LogP contribution in [0, 0.1) is 0 Å². The molecule has 0 bridgehead atoms. The van der Waals surface area contributed by atoms with Crippen LogP contribution in [0.4, 0.5) is 0 Å². The van der Waals surface area contributed by atoms with Gasteiger partial charge in [0.05, 0.1) is 0 Å². The maximum atomic E-state index is 2.35. The first-order chi connectivity index (χ1) is 4.29. The Morgan fingerprint density at radius 3 is 2.78 bits per heavy atom. The minimum atomic E-state index is -0.281. The molecule has 0 heterocycles. The molecular formula is C8H13Ga. The van der Waals surface area contributed by atoms with Crippen molar-refractivity contribution in [3.63, 3.8) is 0 Å². The van der Waals surface area contributed by atoms with E-state index in [1.807, 2.05) is 0 Å². The Morgan fingerprint density at radius 2 is 2.33 bits per heavy atom. The molecule has 48 valence electrons. The van der Waals surface area contributed by atoms with Gasteiger partial charge in [-0.15, -0.1) is 0 Å². The summed E-state index contributed by atoms with van der Waals surface area (Å²) in [5.41, 5.74) is 0. The van der Waals surface area contributed by atoms with E-state index in [9.17, 15) is 0 Å². The zero-order chi connectivity index (χ0) is 6.69. The third kappa shape index (κ3) is 2.46. The molecule has 0 spiro atoms. The predicted molar refractivity (Wildman–Crippen MR) is 44.1 cm³/mol. The van der Waals surface area contributed by atoms with Gasteiger partial charge in [-0.05, 0) is 0 Å². The van der Waals surface area contributed by atoms with E-state index >= 15 is 0 Å². The van der Waals surface area contributed by atoms with E-state index in [-0.39, 0.29) is 17.4 Å². The Bertz CT molecular complexity index is 143. The molecule has 0 fully saturated rings. The zero-order valence-electron chi connectivity index (χ0n) is 6.22. The Morgan fingerprint density at radius 1 is 1.56 bits per heavy atom. The molecular weight excluding hydrogens is 166 g/mol. The molecule has 0 aliphatic heterocycles. The van der Waals surface area contributed by atoms with Crippen LogP contribution in [0.2, 0.25) is 4.47 Å². The quantitative estimate of drug-likeness (QED) is 0.569. The summed E-state index contributed by atoms with van der Waals surface area (Å²) in [6.07, 6.45) is 8.06. The third-order valence-corrected chi connectivity index (χ3v) is 5.43. The van der Waals surface area contributed by atoms with Crippen molar-refractivity contribution in [3.05, 3.63) is 22.4 Å². The summed E-state index contributed by atoms with van der Waals surface area (Å²) >= 11 is -0.281. The molecule has 0 unspecified atom stereocenters. The number of rotatable bonds is 2. The van der Waals surface area contributed by atoms with Crippen LogP contribution in [0.5, 0.6) is 0 Å². The summed E-state index contributed by atoms with van der Waals surface area (Å²) in [6, 6.07) is 0. The summed E-state index contributed by atoms with van der Waals surface area (Å²) < 4.78 is 2.78. The van der Waals surface area contributed by atoms with E-state index in [0.717, 1.165) is 4.47 Å². The number of hydrogen-bond acceptors (Lipinski definition) is 0. The van der Waals surface area contributed by atoms with Gasteiger partial charge in [0.1, 0.15) is 0 Å². The van der Waals surface area contributed by atoms with E-state index in [1.165, 1.54) is 6.42 Å². The second kappa shape index (κ2) is 3.33. The zero-order valence-corrected chi connectivity index (χ0v) is 9.19. The van der Waals surface area contributed by atoms with Crippen molar-refractivity contribution < 1.29 is 0 Å². The van der Waals surface area contributed by atoms with Gasteiger partial charge in [-0.1, -0.05) is 0 Å². The summed E-state index contributed by atoms with van der Waals surface area (Å²) in [7, 11) is 0. The van der Waals surface area contributed by atoms with Crippen LogP contribution in [-0.2, 0) is 0 Å². The van der Waals surface area contributed by atoms with Gasteiger partial charge in [-0.3, -0.25) is 0 Å². The van der Waals surface area contributed by atoms with Crippen molar-refractivity contribution in [2.24, 2.45) is 0 Å². The standard InChI is InChI=1S/C5H5.C3H7.Ga.H/c1-2-4-5-3-1;1-3-2;;/h1-3H,4H2;3H,1-2H3;;. The van der Waals surface area contributed by atoms with Crippen molar-refractivity contribution >= 4 is 17.4 Å². The third-order valence-electron chi connectivity index (χ3n) is 1.52. The molecule has 0 atom stereocenters. The number of allylic oxidation sites excluding steroid dienone is 4. The van der Waals surface area contributed by atoms with Gasteiger partial charge in [0.2, 0.25) is 0 Å². The number of hydrogen-bond donors (Lipinski definition) is 0. The monoisotopic (exact) mass is 178 g/mol. The topological polar surface area (TPSA) is 0 Å². The van der Waals surface area contributed by atoms with Gasteiger partial charge < -0.3 is 0 Å². The fourth-order valence-electron chi connectivity index (χ4n) is 1.17. The first-order valence-corrected chi connectivity index (χ1v) is 6.83. The predicted octanol–water partition coefficient (Wildman–Crippen LogP) is 2.09. The van der Waals surface area contributed by atoms with Gasteiger partial charge in [0, 0.05) is 0 Å². The normalized spacial score (nSPS) is 16.6. The van der Waals surface area contributed by atoms with E-state index in [4.69, 9.17) is 0 Å². The van der Waals surface area contributed by atoms with Crippen LogP contribution in [0.3, 0.4) is 0 Å². The van der Waals surface area contributed by atoms with Crippen LogP contribution in [0.15, 0.2) is 22.4 Å². The second-order valence-corrected chi connectivity index (χ2v) is 9.24. The second-order valence-electron chi connectivity index (χ2n) is 3.06. The molecule has 0 amide bonds. The van der Waals surface area contributed by atoms with Crippen LogP contribution in [0.1, 0.15) is 20.3 Å². The molecule has 0 aromatic heterocycles. The van der Waals surface area contributed by atoms with Crippen molar-refractivity contribution in [1.29, 1.82) is 0 Å². The molecule has 0 radical (unpaired) electrons. The fraction of sp³-hybridized carbons (Fsp3) is 0.500. The molecule has 0 aromatic carbocycles. The van der Waals surface area contributed by atoms with Gasteiger partial charge in [0.15, 0.2) is 0 Å². The van der Waals surface area contributed by atoms with E-state index < -0.39 is 0 Å². The molecule has 1 aliphatic carbocycles. The van der Waals surface area contributed by atoms with E-state index in [0.29, 0.717) is 0 Å².